The van der Waals surface area contributed by atoms with Crippen LogP contribution in [0.1, 0.15) is 58.1 Å². The summed E-state index contributed by atoms with van der Waals surface area (Å²) in [5.41, 5.74) is 3.16. The molecule has 1 atom stereocenters. The van der Waals surface area contributed by atoms with Gasteiger partial charge in [0.15, 0.2) is 0 Å². The van der Waals surface area contributed by atoms with Crippen LogP contribution in [0.25, 0.3) is 6.08 Å². The van der Waals surface area contributed by atoms with E-state index in [2.05, 4.69) is 44.8 Å². The number of anilines is 2. The number of rotatable bonds is 3. The van der Waals surface area contributed by atoms with Crippen LogP contribution in [0.15, 0.2) is 42.0 Å². The van der Waals surface area contributed by atoms with E-state index in [9.17, 15) is 14.4 Å². The van der Waals surface area contributed by atoms with Crippen molar-refractivity contribution in [1.82, 2.24) is 5.32 Å². The quantitative estimate of drug-likeness (QED) is 0.405. The third-order valence-electron chi connectivity index (χ3n) is 6.39. The van der Waals surface area contributed by atoms with Gasteiger partial charge in [-0.2, -0.15) is 0 Å². The Morgan fingerprint density at radius 1 is 1.06 bits per heavy atom. The van der Waals surface area contributed by atoms with Crippen LogP contribution in [0.2, 0.25) is 10.0 Å². The molecule has 0 spiro atoms. The first-order valence-corrected chi connectivity index (χ1v) is 12.0. The van der Waals surface area contributed by atoms with Crippen molar-refractivity contribution in [3.8, 4) is 0 Å². The number of carbonyl (C=O) groups excluding carboxylic acids is 3. The Hall–Kier alpha value is -2.83. The topological polar surface area (TPSA) is 69.7 Å². The molecule has 2 aromatic rings. The molecule has 0 aliphatic carbocycles. The molecule has 2 aromatic carbocycles. The Kier molecular flexibility index (Phi) is 6.25. The lowest BCUT2D eigenvalue weighted by Crippen LogP contribution is -2.54. The Morgan fingerprint density at radius 2 is 1.76 bits per heavy atom. The molecule has 0 unspecified atom stereocenters. The number of carbonyl (C=O) groups is 3. The van der Waals surface area contributed by atoms with Crippen molar-refractivity contribution in [1.29, 1.82) is 0 Å². The normalized spacial score (nSPS) is 21.2. The first kappa shape index (κ1) is 24.3. The second kappa shape index (κ2) is 8.75. The fourth-order valence-corrected chi connectivity index (χ4v) is 5.51. The first-order chi connectivity index (χ1) is 15.9. The summed E-state index contributed by atoms with van der Waals surface area (Å²) in [7, 11) is 0. The predicted octanol–water partition coefficient (Wildman–Crippen LogP) is 6.16. The molecule has 8 heteroatoms. The van der Waals surface area contributed by atoms with Crippen LogP contribution in [0, 0.1) is 0 Å². The van der Waals surface area contributed by atoms with Crippen molar-refractivity contribution in [2.45, 2.75) is 58.5 Å². The van der Waals surface area contributed by atoms with Gasteiger partial charge in [0.05, 0.1) is 15.7 Å². The van der Waals surface area contributed by atoms with E-state index < -0.39 is 17.8 Å². The maximum absolute atomic E-state index is 13.2. The highest BCUT2D eigenvalue weighted by molar-refractivity contribution is 6.43. The minimum absolute atomic E-state index is 0.0144. The molecule has 1 saturated heterocycles. The van der Waals surface area contributed by atoms with Gasteiger partial charge in [-0.25, -0.2) is 9.69 Å². The first-order valence-electron chi connectivity index (χ1n) is 11.2. The number of barbiturate groups is 1. The minimum atomic E-state index is -0.834. The number of imide groups is 2. The zero-order valence-corrected chi connectivity index (χ0v) is 21.3. The lowest BCUT2D eigenvalue weighted by atomic mass is 9.78. The number of halogens is 2. The predicted molar refractivity (Wildman–Crippen MR) is 137 cm³/mol. The van der Waals surface area contributed by atoms with Gasteiger partial charge in [0.1, 0.15) is 5.57 Å². The van der Waals surface area contributed by atoms with Crippen molar-refractivity contribution in [3.05, 3.63) is 63.1 Å². The summed E-state index contributed by atoms with van der Waals surface area (Å²) in [5, 5.41) is 2.73. The number of nitrogens with zero attached hydrogens (tertiary/aromatic N) is 2. The fraction of sp³-hybridized carbons (Fsp3) is 0.346. The maximum atomic E-state index is 13.2. The summed E-state index contributed by atoms with van der Waals surface area (Å²) in [6.45, 7) is 11.1. The summed E-state index contributed by atoms with van der Waals surface area (Å²) < 4.78 is 0. The van der Waals surface area contributed by atoms with E-state index in [4.69, 9.17) is 23.2 Å². The van der Waals surface area contributed by atoms with Gasteiger partial charge >= 0.3 is 6.03 Å². The average molecular weight is 500 g/mol. The van der Waals surface area contributed by atoms with Crippen molar-refractivity contribution in [3.63, 3.8) is 0 Å². The lowest BCUT2D eigenvalue weighted by Gasteiger charge is -2.50. The molecule has 0 radical (unpaired) electrons. The Morgan fingerprint density at radius 3 is 2.41 bits per heavy atom. The molecule has 4 rings (SSSR count). The number of nitrogens with one attached hydrogen (secondary N) is 1. The van der Waals surface area contributed by atoms with Crippen molar-refractivity contribution in [2.24, 2.45) is 0 Å². The minimum Gasteiger partial charge on any atom is -0.364 e. The van der Waals surface area contributed by atoms with E-state index in [0.29, 0.717) is 17.0 Å². The van der Waals surface area contributed by atoms with E-state index in [1.165, 1.54) is 29.8 Å². The molecule has 0 saturated carbocycles. The maximum Gasteiger partial charge on any atom is 0.335 e. The second-order valence-electron chi connectivity index (χ2n) is 9.76. The number of fused-ring (bicyclic) bond motifs is 1. The lowest BCUT2D eigenvalue weighted by molar-refractivity contribution is -0.122. The van der Waals surface area contributed by atoms with Crippen LogP contribution in [0.3, 0.4) is 0 Å². The standard InChI is InChI=1S/C26H27Cl2N3O3/c1-14(2)31-22-9-6-16(10-18(22)15(3)13-26(31,4)5)11-19-23(32)29-25(34)30(24(19)33)17-7-8-20(27)21(28)12-17/h6-12,14-15H,13H2,1-5H3,(H,29,32,34)/b19-11+/t15-/m0/s1. The zero-order valence-electron chi connectivity index (χ0n) is 19.8. The van der Waals surface area contributed by atoms with Crippen molar-refractivity contribution in [2.75, 3.05) is 9.80 Å². The summed E-state index contributed by atoms with van der Waals surface area (Å²) in [5.74, 6) is -1.15. The van der Waals surface area contributed by atoms with Crippen molar-refractivity contribution >= 4 is 58.5 Å². The van der Waals surface area contributed by atoms with Gasteiger partial charge < -0.3 is 4.90 Å². The molecule has 2 heterocycles. The van der Waals surface area contributed by atoms with Crippen LogP contribution in [0.4, 0.5) is 16.2 Å². The summed E-state index contributed by atoms with van der Waals surface area (Å²) >= 11 is 12.0. The molecule has 1 fully saturated rings. The van der Waals surface area contributed by atoms with Gasteiger partial charge in [0, 0.05) is 17.3 Å². The third-order valence-corrected chi connectivity index (χ3v) is 7.13. The molecule has 2 aliphatic rings. The summed E-state index contributed by atoms with van der Waals surface area (Å²) in [6, 6.07) is 9.87. The molecule has 0 aromatic heterocycles. The number of amides is 4. The molecule has 34 heavy (non-hydrogen) atoms. The highest BCUT2D eigenvalue weighted by Gasteiger charge is 2.39. The third kappa shape index (κ3) is 4.21. The number of benzene rings is 2. The van der Waals surface area contributed by atoms with E-state index in [0.717, 1.165) is 22.6 Å². The summed E-state index contributed by atoms with van der Waals surface area (Å²) in [6.07, 6.45) is 2.51. The van der Waals surface area contributed by atoms with Crippen LogP contribution >= 0.6 is 23.2 Å². The highest BCUT2D eigenvalue weighted by Crippen LogP contribution is 2.45. The number of hydrogen-bond acceptors (Lipinski definition) is 4. The van der Waals surface area contributed by atoms with E-state index in [1.807, 2.05) is 18.2 Å². The number of urea groups is 1. The van der Waals surface area contributed by atoms with Gasteiger partial charge in [-0.05, 0) is 87.6 Å². The SMILES string of the molecule is CC(C)N1c2ccc(/C=C3\C(=O)NC(=O)N(c4ccc(Cl)c(Cl)c4)C3=O)cc2[C@@H](C)CC1(C)C. The monoisotopic (exact) mass is 499 g/mol. The number of hydrogen-bond donors (Lipinski definition) is 1. The van der Waals surface area contributed by atoms with Gasteiger partial charge in [0.2, 0.25) is 0 Å². The molecule has 4 amide bonds. The van der Waals surface area contributed by atoms with Crippen LogP contribution < -0.4 is 15.1 Å². The zero-order chi connectivity index (χ0) is 24.9. The molecular weight excluding hydrogens is 473 g/mol. The largest absolute Gasteiger partial charge is 0.364 e. The van der Waals surface area contributed by atoms with Crippen molar-refractivity contribution < 1.29 is 14.4 Å². The van der Waals surface area contributed by atoms with E-state index >= 15 is 0 Å². The average Bonchev–Trinajstić information content (AvgIpc) is 2.73. The van der Waals surface area contributed by atoms with Gasteiger partial charge in [-0.15, -0.1) is 0 Å². The Labute approximate surface area is 209 Å². The Bertz CT molecular complexity index is 1240. The second-order valence-corrected chi connectivity index (χ2v) is 10.6. The molecule has 178 valence electrons. The van der Waals surface area contributed by atoms with E-state index in [-0.39, 0.29) is 21.8 Å². The van der Waals surface area contributed by atoms with Crippen LogP contribution in [-0.2, 0) is 9.59 Å². The fourth-order valence-electron chi connectivity index (χ4n) is 5.22. The Balaban J connectivity index is 1.74. The highest BCUT2D eigenvalue weighted by atomic mass is 35.5. The van der Waals surface area contributed by atoms with Gasteiger partial charge in [-0.3, -0.25) is 14.9 Å². The smallest absolute Gasteiger partial charge is 0.335 e. The van der Waals surface area contributed by atoms with Crippen LogP contribution in [-0.4, -0.2) is 29.4 Å². The molecule has 0 bridgehead atoms. The molecule has 1 N–H and O–H groups in total. The molecule has 2 aliphatic heterocycles. The molecular formula is C26H27Cl2N3O3. The van der Waals surface area contributed by atoms with Crippen LogP contribution in [0.5, 0.6) is 0 Å². The van der Waals surface area contributed by atoms with E-state index in [1.54, 1.807) is 0 Å². The van der Waals surface area contributed by atoms with Gasteiger partial charge in [0.25, 0.3) is 11.8 Å². The summed E-state index contributed by atoms with van der Waals surface area (Å²) in [4.78, 5) is 41.6. The van der Waals surface area contributed by atoms with Gasteiger partial charge in [-0.1, -0.05) is 36.2 Å². The molecule has 6 nitrogen and oxygen atoms in total.